The van der Waals surface area contributed by atoms with Crippen LogP contribution >= 0.6 is 11.8 Å². The standard InChI is InChI=1S/C33H50F2N4O4S/c1-18-6-9-28(23(13-18)24-14-19(2)36-29-26(33(41)42)17-44-30(24)29)43-12-11-39-20(3)37-27-8-7-22(15-25(27)32(39)40)38-10-4-5-21(16-38)31(34)35/h18-19,21-24,26,28-31,36H,4-17H2,1-3H3,(H,41,42)/t18?,19?,21?,22-,23?,24?,26?,28?,29?,30?/m0/s1. The molecule has 8 nitrogen and oxygen atoms in total. The Morgan fingerprint density at radius 1 is 1.18 bits per heavy atom. The molecule has 3 saturated heterocycles. The number of aryl methyl sites for hydroxylation is 2. The summed E-state index contributed by atoms with van der Waals surface area (Å²) in [5.41, 5.74) is 1.61. The topological polar surface area (TPSA) is 96.7 Å². The molecule has 0 bridgehead atoms. The predicted octanol–water partition coefficient (Wildman–Crippen LogP) is 4.39. The van der Waals surface area contributed by atoms with Gasteiger partial charge in [-0.3, -0.25) is 19.1 Å². The molecule has 6 rings (SSSR count). The molecule has 1 aromatic heterocycles. The second kappa shape index (κ2) is 13.7. The van der Waals surface area contributed by atoms with Crippen molar-refractivity contribution in [3.63, 3.8) is 0 Å². The van der Waals surface area contributed by atoms with Gasteiger partial charge in [-0.25, -0.2) is 13.8 Å². The van der Waals surface area contributed by atoms with Crippen LogP contribution in [0.15, 0.2) is 4.79 Å². The van der Waals surface area contributed by atoms with E-state index in [2.05, 4.69) is 24.1 Å². The van der Waals surface area contributed by atoms with Gasteiger partial charge in [0.2, 0.25) is 6.43 Å². The van der Waals surface area contributed by atoms with Crippen LogP contribution in [0.3, 0.4) is 0 Å². The minimum absolute atomic E-state index is 0.00181. The van der Waals surface area contributed by atoms with Gasteiger partial charge in [0.05, 0.1) is 30.9 Å². The van der Waals surface area contributed by atoms with Gasteiger partial charge in [-0.1, -0.05) is 6.92 Å². The maximum atomic E-state index is 13.8. The molecule has 0 radical (unpaired) electrons. The van der Waals surface area contributed by atoms with Crippen molar-refractivity contribution in [3.8, 4) is 0 Å². The lowest BCUT2D eigenvalue weighted by molar-refractivity contribution is -0.142. The number of alkyl halides is 2. The summed E-state index contributed by atoms with van der Waals surface area (Å²) in [6, 6.07) is 0.390. The third kappa shape index (κ3) is 6.63. The van der Waals surface area contributed by atoms with Gasteiger partial charge in [-0.2, -0.15) is 11.8 Å². The number of carboxylic acid groups (broad SMARTS) is 1. The molecule has 9 unspecified atom stereocenters. The van der Waals surface area contributed by atoms with Gasteiger partial charge in [0.15, 0.2) is 0 Å². The Hall–Kier alpha value is -1.56. The van der Waals surface area contributed by atoms with Crippen molar-refractivity contribution >= 4 is 17.7 Å². The van der Waals surface area contributed by atoms with Gasteiger partial charge < -0.3 is 15.2 Å². The van der Waals surface area contributed by atoms with Crippen molar-refractivity contribution < 1.29 is 23.4 Å². The van der Waals surface area contributed by atoms with Crippen molar-refractivity contribution in [2.75, 3.05) is 25.4 Å². The zero-order chi connectivity index (χ0) is 31.1. The molecule has 0 aromatic carbocycles. The molecular formula is C33H50F2N4O4S. The van der Waals surface area contributed by atoms with E-state index in [-0.39, 0.29) is 41.0 Å². The number of hydrogen-bond donors (Lipinski definition) is 2. The number of hydrogen-bond acceptors (Lipinski definition) is 7. The van der Waals surface area contributed by atoms with Gasteiger partial charge in [0.25, 0.3) is 5.56 Å². The first-order chi connectivity index (χ1) is 21.1. The number of aliphatic carboxylic acids is 1. The quantitative estimate of drug-likeness (QED) is 0.434. The van der Waals surface area contributed by atoms with Gasteiger partial charge >= 0.3 is 5.97 Å². The molecule has 10 atom stereocenters. The molecule has 5 aliphatic rings. The summed E-state index contributed by atoms with van der Waals surface area (Å²) in [7, 11) is 0. The SMILES string of the molecule is Cc1nc2c(c(=O)n1CCOC1CCC(C)CC1C1CC(C)NC3C(C(=O)O)CSC13)C[C@@H](N1CCCC(C(F)F)C1)CC2. The molecular weight excluding hydrogens is 586 g/mol. The maximum absolute atomic E-state index is 13.8. The van der Waals surface area contributed by atoms with Gasteiger partial charge in [0, 0.05) is 47.2 Å². The van der Waals surface area contributed by atoms with Crippen LogP contribution in [0.25, 0.3) is 0 Å². The minimum atomic E-state index is -2.29. The number of carboxylic acids is 1. The fourth-order valence-corrected chi connectivity index (χ4v) is 11.0. The Morgan fingerprint density at radius 2 is 2.00 bits per heavy atom. The molecule has 2 aliphatic carbocycles. The normalized spacial score (nSPS) is 38.0. The van der Waals surface area contributed by atoms with E-state index in [1.54, 1.807) is 4.57 Å². The van der Waals surface area contributed by atoms with Crippen molar-refractivity contribution in [1.82, 2.24) is 19.8 Å². The number of piperidine rings is 2. The summed E-state index contributed by atoms with van der Waals surface area (Å²) < 4.78 is 35.3. The van der Waals surface area contributed by atoms with Gasteiger partial charge in [0.1, 0.15) is 5.82 Å². The molecule has 0 spiro atoms. The first-order valence-corrected chi connectivity index (χ1v) is 18.0. The van der Waals surface area contributed by atoms with Crippen molar-refractivity contribution in [1.29, 1.82) is 0 Å². The Bertz CT molecular complexity index is 1250. The van der Waals surface area contributed by atoms with E-state index < -0.39 is 18.3 Å². The average Bonchev–Trinajstić information content (AvgIpc) is 3.43. The van der Waals surface area contributed by atoms with Crippen molar-refractivity contribution in [2.24, 2.45) is 29.6 Å². The van der Waals surface area contributed by atoms with E-state index in [1.165, 1.54) is 0 Å². The maximum Gasteiger partial charge on any atom is 0.308 e. The monoisotopic (exact) mass is 636 g/mol. The largest absolute Gasteiger partial charge is 0.481 e. The van der Waals surface area contributed by atoms with Crippen LogP contribution in [0.4, 0.5) is 8.78 Å². The smallest absolute Gasteiger partial charge is 0.308 e. The number of halogens is 2. The summed E-state index contributed by atoms with van der Waals surface area (Å²) in [5, 5.41) is 13.7. The second-order valence-corrected chi connectivity index (χ2v) is 15.6. The van der Waals surface area contributed by atoms with Gasteiger partial charge in [-0.05, 0) is 95.9 Å². The highest BCUT2D eigenvalue weighted by Gasteiger charge is 2.51. The highest BCUT2D eigenvalue weighted by molar-refractivity contribution is 8.00. The van der Waals surface area contributed by atoms with Crippen LogP contribution < -0.4 is 10.9 Å². The van der Waals surface area contributed by atoms with E-state index in [0.29, 0.717) is 68.3 Å². The van der Waals surface area contributed by atoms with Crippen LogP contribution in [0.1, 0.15) is 75.9 Å². The molecule has 11 heteroatoms. The van der Waals surface area contributed by atoms with E-state index in [4.69, 9.17) is 9.72 Å². The average molecular weight is 637 g/mol. The zero-order valence-electron chi connectivity index (χ0n) is 26.4. The Labute approximate surface area is 264 Å². The molecule has 4 fully saturated rings. The van der Waals surface area contributed by atoms with E-state index in [0.717, 1.165) is 56.3 Å². The lowest BCUT2D eigenvalue weighted by Gasteiger charge is -2.47. The third-order valence-corrected chi connectivity index (χ3v) is 13.0. The lowest BCUT2D eigenvalue weighted by atomic mass is 9.68. The molecule has 3 aliphatic heterocycles. The van der Waals surface area contributed by atoms with E-state index in [1.807, 2.05) is 18.7 Å². The summed E-state index contributed by atoms with van der Waals surface area (Å²) >= 11 is 1.83. The van der Waals surface area contributed by atoms with E-state index in [9.17, 15) is 23.5 Å². The van der Waals surface area contributed by atoms with Crippen molar-refractivity contribution in [3.05, 3.63) is 27.4 Å². The Kier molecular flexibility index (Phi) is 10.1. The predicted molar refractivity (Wildman–Crippen MR) is 167 cm³/mol. The number of likely N-dealkylation sites (tertiary alicyclic amines) is 1. The Morgan fingerprint density at radius 3 is 2.77 bits per heavy atom. The van der Waals surface area contributed by atoms with Crippen LogP contribution in [-0.2, 0) is 28.9 Å². The Balaban J connectivity index is 1.13. The number of carbonyl (C=O) groups is 1. The molecule has 4 heterocycles. The highest BCUT2D eigenvalue weighted by atomic mass is 32.2. The molecule has 1 saturated carbocycles. The number of ether oxygens (including phenoxy) is 1. The number of thioether (sulfide) groups is 1. The number of aromatic nitrogens is 2. The lowest BCUT2D eigenvalue weighted by Crippen LogP contribution is -2.57. The first-order valence-electron chi connectivity index (χ1n) is 16.9. The van der Waals surface area contributed by atoms with Crippen LogP contribution in [-0.4, -0.2) is 86.9 Å². The molecule has 0 amide bonds. The zero-order valence-corrected chi connectivity index (χ0v) is 27.2. The number of nitrogens with one attached hydrogen (secondary N) is 1. The van der Waals surface area contributed by atoms with E-state index >= 15 is 0 Å². The number of fused-ring (bicyclic) bond motifs is 2. The van der Waals surface area contributed by atoms with Crippen LogP contribution in [0.5, 0.6) is 0 Å². The fourth-order valence-electron chi connectivity index (χ4n) is 9.15. The van der Waals surface area contributed by atoms with Crippen LogP contribution in [0.2, 0.25) is 0 Å². The summed E-state index contributed by atoms with van der Waals surface area (Å²) in [6.07, 6.45) is 5.52. The first kappa shape index (κ1) is 32.4. The summed E-state index contributed by atoms with van der Waals surface area (Å²) in [6.45, 7) is 8.49. The summed E-state index contributed by atoms with van der Waals surface area (Å²) in [4.78, 5) is 32.8. The van der Waals surface area contributed by atoms with Crippen LogP contribution in [0, 0.1) is 36.5 Å². The highest BCUT2D eigenvalue weighted by Crippen LogP contribution is 2.48. The second-order valence-electron chi connectivity index (χ2n) is 14.4. The molecule has 246 valence electrons. The summed E-state index contributed by atoms with van der Waals surface area (Å²) in [5.74, 6) is 1.14. The molecule has 2 N–H and O–H groups in total. The van der Waals surface area contributed by atoms with Crippen molar-refractivity contribution in [2.45, 2.75) is 121 Å². The number of nitrogens with zero attached hydrogens (tertiary/aromatic N) is 3. The molecule has 44 heavy (non-hydrogen) atoms. The van der Waals surface area contributed by atoms with Gasteiger partial charge in [-0.15, -0.1) is 0 Å². The third-order valence-electron chi connectivity index (χ3n) is 11.4. The fraction of sp³-hybridized carbons (Fsp3) is 0.848. The number of rotatable bonds is 8. The minimum Gasteiger partial charge on any atom is -0.481 e. The molecule has 1 aromatic rings.